The number of primary amides is 1. The molecule has 3 amide bonds. The number of nitrogens with one attached hydrogen (secondary N) is 3. The van der Waals surface area contributed by atoms with Crippen molar-refractivity contribution >= 4 is 44.9 Å². The monoisotopic (exact) mass is 438 g/mol. The molecule has 3 rings (SSSR count). The van der Waals surface area contributed by atoms with E-state index in [2.05, 4.69) is 31.9 Å². The molecule has 5 N–H and O–H groups in total. The van der Waals surface area contributed by atoms with Crippen LogP contribution in [0.3, 0.4) is 0 Å². The molecule has 0 spiro atoms. The molecule has 0 saturated heterocycles. The van der Waals surface area contributed by atoms with Gasteiger partial charge >= 0.3 is 6.03 Å². The molecule has 0 aliphatic rings. The van der Waals surface area contributed by atoms with Crippen molar-refractivity contribution in [3.63, 3.8) is 0 Å². The number of rotatable bonds is 6. The number of carbonyl (C=O) groups is 2. The van der Waals surface area contributed by atoms with E-state index in [1.54, 1.807) is 24.3 Å². The summed E-state index contributed by atoms with van der Waals surface area (Å²) >= 11 is 3.38. The van der Waals surface area contributed by atoms with Crippen LogP contribution in [0.4, 0.5) is 21.9 Å². The minimum atomic E-state index is -0.497. The van der Waals surface area contributed by atoms with E-state index in [9.17, 15) is 9.59 Å². The fourth-order valence-corrected chi connectivity index (χ4v) is 3.09. The van der Waals surface area contributed by atoms with Crippen LogP contribution in [-0.2, 0) is 6.54 Å². The van der Waals surface area contributed by atoms with Gasteiger partial charge in [-0.3, -0.25) is 4.79 Å². The Hall–Kier alpha value is -3.32. The van der Waals surface area contributed by atoms with Crippen LogP contribution in [0.5, 0.6) is 0 Å². The second-order valence-corrected chi connectivity index (χ2v) is 6.93. The first-order valence-corrected chi connectivity index (χ1v) is 9.36. The van der Waals surface area contributed by atoms with Crippen LogP contribution < -0.4 is 21.7 Å². The van der Waals surface area contributed by atoms with Gasteiger partial charge in [0.25, 0.3) is 5.91 Å². The van der Waals surface area contributed by atoms with E-state index in [0.29, 0.717) is 29.2 Å². The van der Waals surface area contributed by atoms with Crippen LogP contribution in [0.25, 0.3) is 0 Å². The Bertz CT molecular complexity index is 1010. The smallest absolute Gasteiger partial charge is 0.323 e. The first-order valence-electron chi connectivity index (χ1n) is 8.57. The van der Waals surface area contributed by atoms with Crippen LogP contribution in [0.2, 0.25) is 0 Å². The van der Waals surface area contributed by atoms with Gasteiger partial charge in [-0.2, -0.15) is 0 Å². The van der Waals surface area contributed by atoms with E-state index >= 15 is 0 Å². The molecule has 142 valence electrons. The molecule has 3 aromatic carbocycles. The topological polar surface area (TPSA) is 96.2 Å². The van der Waals surface area contributed by atoms with Gasteiger partial charge < -0.3 is 21.7 Å². The molecule has 0 fully saturated rings. The number of nitrogens with two attached hydrogens (primary N) is 1. The predicted octanol–water partition coefficient (Wildman–Crippen LogP) is 4.80. The van der Waals surface area contributed by atoms with Gasteiger partial charge in [-0.15, -0.1) is 0 Å². The molecule has 28 heavy (non-hydrogen) atoms. The van der Waals surface area contributed by atoms with Crippen LogP contribution in [0, 0.1) is 0 Å². The predicted molar refractivity (Wildman–Crippen MR) is 116 cm³/mol. The lowest BCUT2D eigenvalue weighted by Crippen LogP contribution is -2.20. The minimum absolute atomic E-state index is 0.344. The number of anilines is 3. The molecule has 0 aliphatic carbocycles. The van der Waals surface area contributed by atoms with Gasteiger partial charge in [0.1, 0.15) is 0 Å². The fraction of sp³-hybridized carbons (Fsp3) is 0.0476. The van der Waals surface area contributed by atoms with Crippen LogP contribution in [-0.4, -0.2) is 11.9 Å². The molecule has 0 aliphatic heterocycles. The largest absolute Gasteiger partial charge is 0.380 e. The lowest BCUT2D eigenvalue weighted by atomic mass is 10.1. The third-order valence-corrected chi connectivity index (χ3v) is 4.50. The maximum atomic E-state index is 12.3. The molecule has 0 atom stereocenters. The summed E-state index contributed by atoms with van der Waals surface area (Å²) in [7, 11) is 0. The van der Waals surface area contributed by atoms with Gasteiger partial charge in [0.05, 0.1) is 5.56 Å². The Labute approximate surface area is 171 Å². The Morgan fingerprint density at radius 3 is 2.32 bits per heavy atom. The van der Waals surface area contributed by atoms with Crippen LogP contribution in [0.1, 0.15) is 15.9 Å². The van der Waals surface area contributed by atoms with Crippen molar-refractivity contribution in [2.24, 2.45) is 5.73 Å². The lowest BCUT2D eigenvalue weighted by molar-refractivity contribution is 0.100. The Kier molecular flexibility index (Phi) is 6.29. The standard InChI is InChI=1S/C21H19BrN4O2/c22-15-7-5-8-16(12-15)25-21(28)26-18-10-3-1-6-14(18)13-24-19-11-4-2-9-17(19)20(23)27/h1-12,24H,13H2,(H2,23,27)(H2,25,26,28). The number of hydrogen-bond acceptors (Lipinski definition) is 3. The number of hydrogen-bond donors (Lipinski definition) is 4. The highest BCUT2D eigenvalue weighted by Crippen LogP contribution is 2.20. The third kappa shape index (κ3) is 5.11. The molecule has 0 bridgehead atoms. The fourth-order valence-electron chi connectivity index (χ4n) is 2.69. The lowest BCUT2D eigenvalue weighted by Gasteiger charge is -2.14. The number of urea groups is 1. The van der Waals surface area contributed by atoms with Crippen molar-refractivity contribution in [2.45, 2.75) is 6.54 Å². The summed E-state index contributed by atoms with van der Waals surface area (Å²) in [5, 5.41) is 8.85. The summed E-state index contributed by atoms with van der Waals surface area (Å²) in [6.07, 6.45) is 0. The summed E-state index contributed by atoms with van der Waals surface area (Å²) in [6.45, 7) is 0.414. The minimum Gasteiger partial charge on any atom is -0.380 e. The molecule has 0 unspecified atom stereocenters. The SMILES string of the molecule is NC(=O)c1ccccc1NCc1ccccc1NC(=O)Nc1cccc(Br)c1. The Morgan fingerprint density at radius 1 is 0.857 bits per heavy atom. The average Bonchev–Trinajstić information content (AvgIpc) is 2.67. The molecular formula is C21H19BrN4O2. The third-order valence-electron chi connectivity index (χ3n) is 4.01. The number of amides is 3. The number of benzene rings is 3. The van der Waals surface area contributed by atoms with E-state index in [-0.39, 0.29) is 6.03 Å². The first kappa shape index (κ1) is 19.4. The van der Waals surface area contributed by atoms with Crippen LogP contribution in [0.15, 0.2) is 77.3 Å². The highest BCUT2D eigenvalue weighted by Gasteiger charge is 2.10. The van der Waals surface area contributed by atoms with Crippen molar-refractivity contribution in [1.29, 1.82) is 0 Å². The van der Waals surface area contributed by atoms with Crippen molar-refractivity contribution in [3.05, 3.63) is 88.4 Å². The zero-order valence-electron chi connectivity index (χ0n) is 14.9. The number of para-hydroxylation sites is 2. The van der Waals surface area contributed by atoms with E-state index in [1.807, 2.05) is 48.5 Å². The summed E-state index contributed by atoms with van der Waals surface area (Å²) in [4.78, 5) is 23.9. The van der Waals surface area contributed by atoms with Gasteiger partial charge in [0, 0.05) is 28.1 Å². The summed E-state index contributed by atoms with van der Waals surface area (Å²) in [5.74, 6) is -0.497. The van der Waals surface area contributed by atoms with E-state index in [1.165, 1.54) is 0 Å². The second kappa shape index (κ2) is 9.05. The van der Waals surface area contributed by atoms with Gasteiger partial charge in [-0.25, -0.2) is 4.79 Å². The van der Waals surface area contributed by atoms with E-state index in [4.69, 9.17) is 5.73 Å². The van der Waals surface area contributed by atoms with Gasteiger partial charge in [0.2, 0.25) is 0 Å². The number of carbonyl (C=O) groups excluding carboxylic acids is 2. The zero-order chi connectivity index (χ0) is 19.9. The molecule has 0 heterocycles. The molecule has 6 nitrogen and oxygen atoms in total. The van der Waals surface area contributed by atoms with Crippen molar-refractivity contribution in [3.8, 4) is 0 Å². The van der Waals surface area contributed by atoms with Gasteiger partial charge in [0.15, 0.2) is 0 Å². The Morgan fingerprint density at radius 2 is 1.57 bits per heavy atom. The summed E-state index contributed by atoms with van der Waals surface area (Å²) < 4.78 is 0.878. The van der Waals surface area contributed by atoms with Crippen molar-refractivity contribution < 1.29 is 9.59 Å². The average molecular weight is 439 g/mol. The highest BCUT2D eigenvalue weighted by atomic mass is 79.9. The van der Waals surface area contributed by atoms with Gasteiger partial charge in [-0.1, -0.05) is 52.3 Å². The van der Waals surface area contributed by atoms with E-state index in [0.717, 1.165) is 10.0 Å². The zero-order valence-corrected chi connectivity index (χ0v) is 16.5. The molecule has 0 radical (unpaired) electrons. The maximum absolute atomic E-state index is 12.3. The normalized spacial score (nSPS) is 10.2. The second-order valence-electron chi connectivity index (χ2n) is 6.01. The quantitative estimate of drug-likeness (QED) is 0.444. The molecular weight excluding hydrogens is 420 g/mol. The maximum Gasteiger partial charge on any atom is 0.323 e. The first-order chi connectivity index (χ1) is 13.5. The molecule has 7 heteroatoms. The molecule has 0 saturated carbocycles. The molecule has 0 aromatic heterocycles. The van der Waals surface area contributed by atoms with E-state index < -0.39 is 5.91 Å². The summed E-state index contributed by atoms with van der Waals surface area (Å²) in [6, 6.07) is 21.5. The van der Waals surface area contributed by atoms with Crippen molar-refractivity contribution in [2.75, 3.05) is 16.0 Å². The van der Waals surface area contributed by atoms with Crippen LogP contribution >= 0.6 is 15.9 Å². The van der Waals surface area contributed by atoms with Gasteiger partial charge in [-0.05, 0) is 42.0 Å². The molecule has 3 aromatic rings. The number of halogens is 1. The summed E-state index contributed by atoms with van der Waals surface area (Å²) in [5.41, 5.74) is 8.69. The highest BCUT2D eigenvalue weighted by molar-refractivity contribution is 9.10. The Balaban J connectivity index is 1.69. The van der Waals surface area contributed by atoms with Crippen molar-refractivity contribution in [1.82, 2.24) is 0 Å².